The molecule has 0 aromatic carbocycles. The lowest BCUT2D eigenvalue weighted by atomic mass is 10.2. The monoisotopic (exact) mass is 340 g/mol. The number of nitrogens with zero attached hydrogens (tertiary/aromatic N) is 2. The topological polar surface area (TPSA) is 108 Å². The second-order valence-electron chi connectivity index (χ2n) is 5.50. The van der Waals surface area contributed by atoms with Crippen molar-refractivity contribution in [3.05, 3.63) is 23.5 Å². The van der Waals surface area contributed by atoms with E-state index in [1.165, 1.54) is 25.9 Å². The van der Waals surface area contributed by atoms with Crippen LogP contribution in [0, 0.1) is 13.8 Å². The van der Waals surface area contributed by atoms with Crippen LogP contribution in [0.3, 0.4) is 0 Å². The van der Waals surface area contributed by atoms with E-state index in [9.17, 15) is 13.2 Å². The Kier molecular flexibility index (Phi) is 4.51. The van der Waals surface area contributed by atoms with Crippen LogP contribution < -0.4 is 4.72 Å². The highest BCUT2D eigenvalue weighted by Crippen LogP contribution is 2.28. The number of furan rings is 1. The number of nitrogens with one attached hydrogen (secondary N) is 2. The highest BCUT2D eigenvalue weighted by atomic mass is 32.2. The van der Waals surface area contributed by atoms with E-state index in [2.05, 4.69) is 14.9 Å². The van der Waals surface area contributed by atoms with E-state index in [1.54, 1.807) is 19.1 Å². The van der Waals surface area contributed by atoms with Gasteiger partial charge in [-0.15, -0.1) is 0 Å². The third kappa shape index (κ3) is 3.39. The first-order chi connectivity index (χ1) is 10.6. The molecule has 0 saturated heterocycles. The van der Waals surface area contributed by atoms with Gasteiger partial charge >= 0.3 is 0 Å². The standard InChI is InChI=1S/C14H20N4O4S/c1-8-6-7-11(22-8)12-9(2)13(16-15-12)17-23(20,21)10(3)14(19)18(4)5/h6-7,10H,1-5H3,(H2,15,16,17). The molecule has 2 N–H and O–H groups in total. The van der Waals surface area contributed by atoms with Crippen LogP contribution in [0.15, 0.2) is 16.5 Å². The Hall–Kier alpha value is -2.29. The third-order valence-electron chi connectivity index (χ3n) is 3.49. The summed E-state index contributed by atoms with van der Waals surface area (Å²) in [6.45, 7) is 4.86. The Morgan fingerprint density at radius 3 is 2.52 bits per heavy atom. The second-order valence-corrected chi connectivity index (χ2v) is 7.51. The molecular formula is C14H20N4O4S. The highest BCUT2D eigenvalue weighted by Gasteiger charge is 2.30. The summed E-state index contributed by atoms with van der Waals surface area (Å²) in [5.41, 5.74) is 1.18. The normalized spacial score (nSPS) is 12.9. The fraction of sp³-hybridized carbons (Fsp3) is 0.429. The van der Waals surface area contributed by atoms with Gasteiger partial charge in [-0.05, 0) is 32.9 Å². The molecule has 0 aliphatic rings. The summed E-state index contributed by atoms with van der Waals surface area (Å²) in [6.07, 6.45) is 0. The van der Waals surface area contributed by atoms with Gasteiger partial charge in [-0.3, -0.25) is 14.6 Å². The number of hydrogen-bond donors (Lipinski definition) is 2. The maximum atomic E-state index is 12.3. The minimum absolute atomic E-state index is 0.146. The quantitative estimate of drug-likeness (QED) is 0.857. The number of sulfonamides is 1. The van der Waals surface area contributed by atoms with Crippen LogP contribution in [0.2, 0.25) is 0 Å². The van der Waals surface area contributed by atoms with Gasteiger partial charge in [-0.2, -0.15) is 5.10 Å². The molecule has 2 aromatic rings. The number of anilines is 1. The van der Waals surface area contributed by atoms with E-state index in [-0.39, 0.29) is 5.82 Å². The third-order valence-corrected chi connectivity index (χ3v) is 5.10. The molecule has 0 radical (unpaired) electrons. The van der Waals surface area contributed by atoms with Crippen LogP contribution in [-0.2, 0) is 14.8 Å². The minimum atomic E-state index is -3.90. The van der Waals surface area contributed by atoms with Crippen molar-refractivity contribution in [1.82, 2.24) is 15.1 Å². The molecule has 1 unspecified atom stereocenters. The van der Waals surface area contributed by atoms with Gasteiger partial charge in [0.15, 0.2) is 16.8 Å². The minimum Gasteiger partial charge on any atom is -0.460 e. The predicted octanol–water partition coefficient (Wildman–Crippen LogP) is 1.50. The van der Waals surface area contributed by atoms with Crippen molar-refractivity contribution in [3.63, 3.8) is 0 Å². The van der Waals surface area contributed by atoms with Crippen molar-refractivity contribution >= 4 is 21.7 Å². The molecule has 23 heavy (non-hydrogen) atoms. The Labute approximate surface area is 134 Å². The summed E-state index contributed by atoms with van der Waals surface area (Å²) in [5, 5.41) is 5.50. The molecule has 0 fully saturated rings. The first-order valence-corrected chi connectivity index (χ1v) is 8.52. The molecule has 0 saturated carbocycles. The number of aromatic nitrogens is 2. The molecule has 126 valence electrons. The number of aromatic amines is 1. The van der Waals surface area contributed by atoms with Gasteiger partial charge in [0, 0.05) is 19.7 Å². The first kappa shape index (κ1) is 17.1. The summed E-state index contributed by atoms with van der Waals surface area (Å²) < 4.78 is 32.5. The molecular weight excluding hydrogens is 320 g/mol. The van der Waals surface area contributed by atoms with E-state index >= 15 is 0 Å². The number of carbonyl (C=O) groups excluding carboxylic acids is 1. The van der Waals surface area contributed by atoms with Gasteiger partial charge in [0.25, 0.3) is 0 Å². The average molecular weight is 340 g/mol. The first-order valence-electron chi connectivity index (χ1n) is 6.98. The number of carbonyl (C=O) groups is 1. The van der Waals surface area contributed by atoms with E-state index in [0.717, 1.165) is 5.76 Å². The zero-order valence-electron chi connectivity index (χ0n) is 13.7. The lowest BCUT2D eigenvalue weighted by molar-refractivity contribution is -0.127. The van der Waals surface area contributed by atoms with Gasteiger partial charge in [0.05, 0.1) is 0 Å². The maximum Gasteiger partial charge on any atom is 0.245 e. The van der Waals surface area contributed by atoms with Crippen molar-refractivity contribution in [3.8, 4) is 11.5 Å². The zero-order valence-corrected chi connectivity index (χ0v) is 14.5. The van der Waals surface area contributed by atoms with Crippen LogP contribution >= 0.6 is 0 Å². The number of aryl methyl sites for hydroxylation is 1. The second kappa shape index (κ2) is 6.07. The fourth-order valence-corrected chi connectivity index (χ4v) is 3.15. The highest BCUT2D eigenvalue weighted by molar-refractivity contribution is 7.94. The molecule has 2 rings (SSSR count). The van der Waals surface area contributed by atoms with Crippen LogP contribution in [0.25, 0.3) is 11.5 Å². The largest absolute Gasteiger partial charge is 0.460 e. The maximum absolute atomic E-state index is 12.3. The van der Waals surface area contributed by atoms with Crippen LogP contribution in [-0.4, -0.2) is 48.8 Å². The summed E-state index contributed by atoms with van der Waals surface area (Å²) in [7, 11) is -0.887. The summed E-state index contributed by atoms with van der Waals surface area (Å²) >= 11 is 0. The van der Waals surface area contributed by atoms with Gasteiger partial charge in [0.1, 0.15) is 11.5 Å². The fourth-order valence-electron chi connectivity index (χ4n) is 2.03. The van der Waals surface area contributed by atoms with Crippen molar-refractivity contribution in [2.24, 2.45) is 0 Å². The summed E-state index contributed by atoms with van der Waals surface area (Å²) in [5.74, 6) is 0.941. The number of H-pyrrole nitrogens is 1. The predicted molar refractivity (Wildman–Crippen MR) is 86.5 cm³/mol. The molecule has 2 aromatic heterocycles. The molecule has 9 heteroatoms. The molecule has 1 atom stereocenters. The summed E-state index contributed by atoms with van der Waals surface area (Å²) in [4.78, 5) is 13.1. The summed E-state index contributed by atoms with van der Waals surface area (Å²) in [6, 6.07) is 3.57. The van der Waals surface area contributed by atoms with Crippen molar-refractivity contribution < 1.29 is 17.6 Å². The lowest BCUT2D eigenvalue weighted by Gasteiger charge is -2.17. The molecule has 0 aliphatic carbocycles. The van der Waals surface area contributed by atoms with Gasteiger partial charge in [-0.1, -0.05) is 0 Å². The average Bonchev–Trinajstić information content (AvgIpc) is 3.04. The van der Waals surface area contributed by atoms with E-state index in [0.29, 0.717) is 17.0 Å². The molecule has 0 bridgehead atoms. The van der Waals surface area contributed by atoms with E-state index in [4.69, 9.17) is 4.42 Å². The Bertz CT molecular complexity index is 820. The number of rotatable bonds is 5. The Balaban J connectivity index is 2.27. The van der Waals surface area contributed by atoms with E-state index < -0.39 is 21.2 Å². The SMILES string of the molecule is Cc1ccc(-c2[nH]nc(NS(=O)(=O)C(C)C(=O)N(C)C)c2C)o1. The van der Waals surface area contributed by atoms with Crippen LogP contribution in [0.5, 0.6) is 0 Å². The zero-order chi connectivity index (χ0) is 17.4. The molecule has 1 amide bonds. The Morgan fingerprint density at radius 2 is 2.00 bits per heavy atom. The molecule has 0 aliphatic heterocycles. The van der Waals surface area contributed by atoms with Crippen LogP contribution in [0.1, 0.15) is 18.2 Å². The van der Waals surface area contributed by atoms with Crippen molar-refractivity contribution in [2.75, 3.05) is 18.8 Å². The van der Waals surface area contributed by atoms with Crippen molar-refractivity contribution in [2.45, 2.75) is 26.0 Å². The van der Waals surface area contributed by atoms with E-state index in [1.807, 2.05) is 6.92 Å². The Morgan fingerprint density at radius 1 is 1.35 bits per heavy atom. The van der Waals surface area contributed by atoms with Gasteiger partial charge in [-0.25, -0.2) is 8.42 Å². The molecule has 2 heterocycles. The lowest BCUT2D eigenvalue weighted by Crippen LogP contribution is -2.39. The molecule has 8 nitrogen and oxygen atoms in total. The van der Waals surface area contributed by atoms with Gasteiger partial charge < -0.3 is 9.32 Å². The van der Waals surface area contributed by atoms with Crippen LogP contribution in [0.4, 0.5) is 5.82 Å². The van der Waals surface area contributed by atoms with Crippen molar-refractivity contribution in [1.29, 1.82) is 0 Å². The van der Waals surface area contributed by atoms with Gasteiger partial charge in [0.2, 0.25) is 15.9 Å². The molecule has 0 spiro atoms. The number of hydrogen-bond acceptors (Lipinski definition) is 5. The smallest absolute Gasteiger partial charge is 0.245 e. The number of amides is 1.